The van der Waals surface area contributed by atoms with Crippen LogP contribution < -0.4 is 10.6 Å². The first-order valence-electron chi connectivity index (χ1n) is 5.21. The van der Waals surface area contributed by atoms with Gasteiger partial charge in [-0.1, -0.05) is 6.07 Å². The highest BCUT2D eigenvalue weighted by atomic mass is 16.3. The molecule has 0 spiro atoms. The summed E-state index contributed by atoms with van der Waals surface area (Å²) in [5.74, 6) is 2.84. The fourth-order valence-electron chi connectivity index (χ4n) is 1.25. The topological polar surface area (TPSA) is 74.2 Å². The van der Waals surface area contributed by atoms with Gasteiger partial charge in [0.1, 0.15) is 5.82 Å². The van der Waals surface area contributed by atoms with E-state index in [0.717, 1.165) is 5.69 Å². The van der Waals surface area contributed by atoms with Gasteiger partial charge in [0.05, 0.1) is 12.6 Å². The van der Waals surface area contributed by atoms with Crippen LogP contribution in [-0.4, -0.2) is 28.8 Å². The lowest BCUT2D eigenvalue weighted by molar-refractivity contribution is 0.225. The van der Waals surface area contributed by atoms with Crippen LogP contribution >= 0.6 is 0 Å². The summed E-state index contributed by atoms with van der Waals surface area (Å²) in [5.41, 5.74) is 0.810. The molecule has 1 rings (SSSR count). The number of aryl methyl sites for hydroxylation is 1. The molecule has 1 atom stereocenters. The molecule has 17 heavy (non-hydrogen) atoms. The Balaban J connectivity index is 2.52. The van der Waals surface area contributed by atoms with Gasteiger partial charge in [0, 0.05) is 12.1 Å². The summed E-state index contributed by atoms with van der Waals surface area (Å²) < 4.78 is 0. The van der Waals surface area contributed by atoms with E-state index in [-0.39, 0.29) is 13.0 Å². The van der Waals surface area contributed by atoms with Crippen LogP contribution in [0.25, 0.3) is 0 Å². The molecule has 5 heteroatoms. The molecule has 1 aromatic rings. The molecule has 0 aliphatic carbocycles. The Bertz CT molecular complexity index is 426. The third-order valence-electron chi connectivity index (χ3n) is 2.05. The smallest absolute Gasteiger partial charge is 0.320 e. The third-order valence-corrected chi connectivity index (χ3v) is 2.05. The number of pyridine rings is 1. The third kappa shape index (κ3) is 4.53. The van der Waals surface area contributed by atoms with Gasteiger partial charge in [0.15, 0.2) is 0 Å². The predicted molar refractivity (Wildman–Crippen MR) is 65.5 cm³/mol. The molecule has 5 nitrogen and oxygen atoms in total. The summed E-state index contributed by atoms with van der Waals surface area (Å²) in [6, 6.07) is 4.44. The Morgan fingerprint density at radius 1 is 1.65 bits per heavy atom. The van der Waals surface area contributed by atoms with E-state index in [0.29, 0.717) is 5.82 Å². The van der Waals surface area contributed by atoms with Crippen molar-refractivity contribution in [3.8, 4) is 12.3 Å². The Labute approximate surface area is 100 Å². The van der Waals surface area contributed by atoms with Crippen molar-refractivity contribution in [1.82, 2.24) is 10.3 Å². The number of anilines is 1. The van der Waals surface area contributed by atoms with Crippen LogP contribution in [0, 0.1) is 19.3 Å². The minimum Gasteiger partial charge on any atom is -0.394 e. The van der Waals surface area contributed by atoms with Crippen molar-refractivity contribution >= 4 is 11.8 Å². The number of carbonyl (C=O) groups is 1. The number of urea groups is 1. The quantitative estimate of drug-likeness (QED) is 0.676. The maximum absolute atomic E-state index is 11.5. The van der Waals surface area contributed by atoms with Crippen molar-refractivity contribution < 1.29 is 9.90 Å². The SMILES string of the molecule is C#CCC(CO)NC(=O)Nc1cccc(C)n1. The van der Waals surface area contributed by atoms with Crippen LogP contribution in [0.5, 0.6) is 0 Å². The van der Waals surface area contributed by atoms with Gasteiger partial charge < -0.3 is 10.4 Å². The number of terminal acetylenes is 1. The van der Waals surface area contributed by atoms with Crippen molar-refractivity contribution in [2.45, 2.75) is 19.4 Å². The van der Waals surface area contributed by atoms with Crippen LogP contribution in [0.15, 0.2) is 18.2 Å². The van der Waals surface area contributed by atoms with Crippen molar-refractivity contribution in [1.29, 1.82) is 0 Å². The minimum atomic E-state index is -0.440. The molecule has 0 radical (unpaired) electrons. The second-order valence-corrected chi connectivity index (χ2v) is 3.55. The molecule has 3 N–H and O–H groups in total. The standard InChI is InChI=1S/C12H15N3O2/c1-3-5-10(8-16)14-12(17)15-11-7-4-6-9(2)13-11/h1,4,6-7,10,16H,5,8H2,2H3,(H2,13,14,15,17). The van der Waals surface area contributed by atoms with Crippen molar-refractivity contribution in [2.75, 3.05) is 11.9 Å². The Morgan fingerprint density at radius 3 is 3.00 bits per heavy atom. The number of aromatic nitrogens is 1. The van der Waals surface area contributed by atoms with E-state index in [4.69, 9.17) is 11.5 Å². The Hall–Kier alpha value is -2.06. The average Bonchev–Trinajstić information content (AvgIpc) is 2.28. The number of carbonyl (C=O) groups excluding carboxylic acids is 1. The molecule has 0 bridgehead atoms. The van der Waals surface area contributed by atoms with Crippen molar-refractivity contribution in [3.63, 3.8) is 0 Å². The van der Waals surface area contributed by atoms with Crippen molar-refractivity contribution in [2.24, 2.45) is 0 Å². The fraction of sp³-hybridized carbons (Fsp3) is 0.333. The van der Waals surface area contributed by atoms with Crippen LogP contribution in [0.1, 0.15) is 12.1 Å². The molecule has 90 valence electrons. The molecular weight excluding hydrogens is 218 g/mol. The van der Waals surface area contributed by atoms with E-state index in [9.17, 15) is 4.79 Å². The average molecular weight is 233 g/mol. The van der Waals surface area contributed by atoms with Gasteiger partial charge in [-0.3, -0.25) is 5.32 Å². The van der Waals surface area contributed by atoms with E-state index in [2.05, 4.69) is 21.5 Å². The maximum atomic E-state index is 11.5. The second kappa shape index (κ2) is 6.51. The number of nitrogens with one attached hydrogen (secondary N) is 2. The van der Waals surface area contributed by atoms with Gasteiger partial charge in [-0.25, -0.2) is 9.78 Å². The van der Waals surface area contributed by atoms with Crippen LogP contribution in [-0.2, 0) is 0 Å². The fourth-order valence-corrected chi connectivity index (χ4v) is 1.25. The summed E-state index contributed by atoms with van der Waals surface area (Å²) in [6.45, 7) is 1.64. The number of aliphatic hydroxyl groups excluding tert-OH is 1. The summed E-state index contributed by atoms with van der Waals surface area (Å²) in [6.07, 6.45) is 5.39. The highest BCUT2D eigenvalue weighted by molar-refractivity contribution is 5.88. The lowest BCUT2D eigenvalue weighted by atomic mass is 10.2. The predicted octanol–water partition coefficient (Wildman–Crippen LogP) is 0.896. The largest absolute Gasteiger partial charge is 0.394 e. The number of aliphatic hydroxyl groups is 1. The summed E-state index contributed by atoms with van der Waals surface area (Å²) >= 11 is 0. The van der Waals surface area contributed by atoms with Crippen molar-refractivity contribution in [3.05, 3.63) is 23.9 Å². The number of hydrogen-bond acceptors (Lipinski definition) is 3. The zero-order chi connectivity index (χ0) is 12.7. The number of nitrogens with zero attached hydrogens (tertiary/aromatic N) is 1. The zero-order valence-corrected chi connectivity index (χ0v) is 9.60. The highest BCUT2D eigenvalue weighted by Crippen LogP contribution is 2.03. The van der Waals surface area contributed by atoms with Gasteiger partial charge in [0.25, 0.3) is 0 Å². The normalized spacial score (nSPS) is 11.4. The number of rotatable bonds is 4. The molecule has 0 aliphatic heterocycles. The first-order valence-corrected chi connectivity index (χ1v) is 5.21. The van der Waals surface area contributed by atoms with Crippen LogP contribution in [0.3, 0.4) is 0 Å². The highest BCUT2D eigenvalue weighted by Gasteiger charge is 2.10. The van der Waals surface area contributed by atoms with Gasteiger partial charge >= 0.3 is 6.03 Å². The molecule has 0 saturated heterocycles. The molecule has 0 fully saturated rings. The molecule has 1 heterocycles. The number of hydrogen-bond donors (Lipinski definition) is 3. The van der Waals surface area contributed by atoms with Crippen LogP contribution in [0.2, 0.25) is 0 Å². The Kier molecular flexibility index (Phi) is 4.98. The van der Waals surface area contributed by atoms with Gasteiger partial charge in [-0.15, -0.1) is 12.3 Å². The molecule has 0 aliphatic rings. The lowest BCUT2D eigenvalue weighted by Gasteiger charge is -2.14. The summed E-state index contributed by atoms with van der Waals surface area (Å²) in [7, 11) is 0. The zero-order valence-electron chi connectivity index (χ0n) is 9.60. The van der Waals surface area contributed by atoms with E-state index >= 15 is 0 Å². The van der Waals surface area contributed by atoms with E-state index in [1.807, 2.05) is 13.0 Å². The monoisotopic (exact) mass is 233 g/mol. The molecule has 1 unspecified atom stereocenters. The van der Waals surface area contributed by atoms with E-state index in [1.54, 1.807) is 12.1 Å². The Morgan fingerprint density at radius 2 is 2.41 bits per heavy atom. The van der Waals surface area contributed by atoms with Crippen LogP contribution in [0.4, 0.5) is 10.6 Å². The van der Waals surface area contributed by atoms with E-state index < -0.39 is 12.1 Å². The minimum absolute atomic E-state index is 0.196. The first-order chi connectivity index (χ1) is 8.15. The molecule has 1 aromatic heterocycles. The number of amides is 2. The molecule has 2 amide bonds. The lowest BCUT2D eigenvalue weighted by Crippen LogP contribution is -2.40. The van der Waals surface area contributed by atoms with Gasteiger partial charge in [0.2, 0.25) is 0 Å². The second-order valence-electron chi connectivity index (χ2n) is 3.55. The van der Waals surface area contributed by atoms with Gasteiger partial charge in [-0.05, 0) is 19.1 Å². The molecular formula is C12H15N3O2. The van der Waals surface area contributed by atoms with Gasteiger partial charge in [-0.2, -0.15) is 0 Å². The van der Waals surface area contributed by atoms with E-state index in [1.165, 1.54) is 0 Å². The molecule has 0 aromatic carbocycles. The molecule has 0 saturated carbocycles. The first kappa shape index (κ1) is 13.0. The summed E-state index contributed by atoms with van der Waals surface area (Å²) in [5, 5.41) is 14.1. The maximum Gasteiger partial charge on any atom is 0.320 e. The summed E-state index contributed by atoms with van der Waals surface area (Å²) in [4.78, 5) is 15.6.